The van der Waals surface area contributed by atoms with Gasteiger partial charge in [0.25, 0.3) is 0 Å². The first kappa shape index (κ1) is 20.3. The van der Waals surface area contributed by atoms with E-state index in [9.17, 15) is 0 Å². The minimum Gasteiger partial charge on any atom is -0.383 e. The summed E-state index contributed by atoms with van der Waals surface area (Å²) in [6, 6.07) is 12.5. The summed E-state index contributed by atoms with van der Waals surface area (Å²) < 4.78 is 5.13. The third-order valence-corrected chi connectivity index (χ3v) is 5.26. The standard InChI is InChI=1S/C22H28N4OS/c1-16-7-8-21-20(14-16)19(17(2)25-21)9-12-26(22(28)24-11-13-27-3)15-18-6-4-5-10-23-18/h4-8,10,14,25H,9,11-13,15H2,1-3H3,(H,24,28). The molecule has 5 nitrogen and oxygen atoms in total. The zero-order valence-corrected chi connectivity index (χ0v) is 17.6. The summed E-state index contributed by atoms with van der Waals surface area (Å²) in [5.41, 5.74) is 6.04. The van der Waals surface area contributed by atoms with Crippen molar-refractivity contribution in [2.75, 3.05) is 26.8 Å². The first-order valence-corrected chi connectivity index (χ1v) is 9.98. The number of H-pyrrole nitrogens is 1. The monoisotopic (exact) mass is 396 g/mol. The van der Waals surface area contributed by atoms with Crippen LogP contribution in [0.25, 0.3) is 10.9 Å². The molecule has 148 valence electrons. The van der Waals surface area contributed by atoms with Crippen LogP contribution in [0.2, 0.25) is 0 Å². The van der Waals surface area contributed by atoms with Crippen LogP contribution in [0.5, 0.6) is 0 Å². The highest BCUT2D eigenvalue weighted by Gasteiger charge is 2.14. The molecule has 3 aromatic rings. The molecule has 0 spiro atoms. The fourth-order valence-corrected chi connectivity index (χ4v) is 3.63. The first-order chi connectivity index (χ1) is 13.6. The van der Waals surface area contributed by atoms with Crippen molar-refractivity contribution >= 4 is 28.2 Å². The van der Waals surface area contributed by atoms with Crippen molar-refractivity contribution in [3.63, 3.8) is 0 Å². The van der Waals surface area contributed by atoms with Crippen LogP contribution in [0.1, 0.15) is 22.5 Å². The molecule has 0 aliphatic rings. The van der Waals surface area contributed by atoms with E-state index in [1.54, 1.807) is 7.11 Å². The molecule has 28 heavy (non-hydrogen) atoms. The molecule has 0 aliphatic heterocycles. The van der Waals surface area contributed by atoms with Gasteiger partial charge in [-0.05, 0) is 62.3 Å². The summed E-state index contributed by atoms with van der Waals surface area (Å²) in [5.74, 6) is 0. The van der Waals surface area contributed by atoms with E-state index in [2.05, 4.69) is 52.2 Å². The van der Waals surface area contributed by atoms with Gasteiger partial charge in [0.15, 0.2) is 5.11 Å². The molecule has 0 atom stereocenters. The number of nitrogens with zero attached hydrogens (tertiary/aromatic N) is 2. The largest absolute Gasteiger partial charge is 0.383 e. The normalized spacial score (nSPS) is 11.0. The zero-order chi connectivity index (χ0) is 19.9. The number of aryl methyl sites for hydroxylation is 2. The van der Waals surface area contributed by atoms with E-state index in [4.69, 9.17) is 17.0 Å². The molecule has 6 heteroatoms. The van der Waals surface area contributed by atoms with Crippen LogP contribution in [0.3, 0.4) is 0 Å². The summed E-state index contributed by atoms with van der Waals surface area (Å²) in [5, 5.41) is 5.32. The number of hydrogen-bond acceptors (Lipinski definition) is 3. The average molecular weight is 397 g/mol. The summed E-state index contributed by atoms with van der Waals surface area (Å²) in [7, 11) is 1.69. The van der Waals surface area contributed by atoms with Gasteiger partial charge in [0, 0.05) is 43.0 Å². The van der Waals surface area contributed by atoms with Gasteiger partial charge in [-0.2, -0.15) is 0 Å². The van der Waals surface area contributed by atoms with E-state index in [1.165, 1.54) is 27.7 Å². The highest BCUT2D eigenvalue weighted by atomic mass is 32.1. The number of benzene rings is 1. The fourth-order valence-electron chi connectivity index (χ4n) is 3.38. The molecule has 1 aromatic carbocycles. The molecule has 0 radical (unpaired) electrons. The van der Waals surface area contributed by atoms with Gasteiger partial charge in [-0.1, -0.05) is 17.7 Å². The van der Waals surface area contributed by atoms with E-state index >= 15 is 0 Å². The van der Waals surface area contributed by atoms with Crippen molar-refractivity contribution < 1.29 is 4.74 Å². The van der Waals surface area contributed by atoms with Crippen LogP contribution in [0.15, 0.2) is 42.6 Å². The van der Waals surface area contributed by atoms with Crippen molar-refractivity contribution in [1.29, 1.82) is 0 Å². The van der Waals surface area contributed by atoms with Crippen LogP contribution >= 0.6 is 12.2 Å². The van der Waals surface area contributed by atoms with Crippen molar-refractivity contribution in [3.8, 4) is 0 Å². The molecule has 0 saturated carbocycles. The number of hydrogen-bond donors (Lipinski definition) is 2. The predicted octanol–water partition coefficient (Wildman–Crippen LogP) is 3.75. The van der Waals surface area contributed by atoms with Crippen molar-refractivity contribution in [1.82, 2.24) is 20.2 Å². The zero-order valence-electron chi connectivity index (χ0n) is 16.8. The number of aromatic amines is 1. The number of fused-ring (bicyclic) bond motifs is 1. The smallest absolute Gasteiger partial charge is 0.169 e. The third kappa shape index (κ3) is 5.09. The molecule has 3 rings (SSSR count). The lowest BCUT2D eigenvalue weighted by molar-refractivity contribution is 0.203. The lowest BCUT2D eigenvalue weighted by Crippen LogP contribution is -2.41. The van der Waals surface area contributed by atoms with Crippen LogP contribution in [-0.2, 0) is 17.7 Å². The van der Waals surface area contributed by atoms with Crippen molar-refractivity contribution in [2.45, 2.75) is 26.8 Å². The van der Waals surface area contributed by atoms with E-state index in [0.717, 1.165) is 23.8 Å². The molecule has 2 N–H and O–H groups in total. The summed E-state index contributed by atoms with van der Waals surface area (Å²) in [6.07, 6.45) is 2.73. The topological polar surface area (TPSA) is 53.2 Å². The Hall–Kier alpha value is -2.44. The van der Waals surface area contributed by atoms with Gasteiger partial charge >= 0.3 is 0 Å². The second kappa shape index (κ2) is 9.66. The predicted molar refractivity (Wildman–Crippen MR) is 119 cm³/mol. The summed E-state index contributed by atoms with van der Waals surface area (Å²) in [6.45, 7) is 7.09. The fraction of sp³-hybridized carbons (Fsp3) is 0.364. The van der Waals surface area contributed by atoms with Gasteiger partial charge in [0.05, 0.1) is 18.8 Å². The Bertz CT molecular complexity index is 923. The van der Waals surface area contributed by atoms with E-state index in [-0.39, 0.29) is 0 Å². The van der Waals surface area contributed by atoms with Gasteiger partial charge in [0.1, 0.15) is 0 Å². The lowest BCUT2D eigenvalue weighted by atomic mass is 10.1. The second-order valence-electron chi connectivity index (χ2n) is 6.99. The number of nitrogens with one attached hydrogen (secondary N) is 2. The number of rotatable bonds is 8. The van der Waals surface area contributed by atoms with Gasteiger partial charge in [0.2, 0.25) is 0 Å². The van der Waals surface area contributed by atoms with Crippen molar-refractivity contribution in [3.05, 3.63) is 65.1 Å². The Morgan fingerprint density at radius 1 is 1.25 bits per heavy atom. The van der Waals surface area contributed by atoms with Crippen molar-refractivity contribution in [2.24, 2.45) is 0 Å². The summed E-state index contributed by atoms with van der Waals surface area (Å²) in [4.78, 5) is 10.1. The van der Waals surface area contributed by atoms with Gasteiger partial charge in [-0.15, -0.1) is 0 Å². The Morgan fingerprint density at radius 3 is 2.86 bits per heavy atom. The maximum absolute atomic E-state index is 5.66. The molecule has 0 bridgehead atoms. The maximum Gasteiger partial charge on any atom is 0.169 e. The van der Waals surface area contributed by atoms with E-state index in [1.807, 2.05) is 24.4 Å². The lowest BCUT2D eigenvalue weighted by Gasteiger charge is -2.26. The molecule has 0 unspecified atom stereocenters. The maximum atomic E-state index is 5.66. The highest BCUT2D eigenvalue weighted by Crippen LogP contribution is 2.24. The van der Waals surface area contributed by atoms with E-state index in [0.29, 0.717) is 19.7 Å². The molecular weight excluding hydrogens is 368 g/mol. The minimum atomic E-state index is 0.623. The molecule has 0 saturated heterocycles. The Labute approximate surface area is 172 Å². The number of pyridine rings is 1. The van der Waals surface area contributed by atoms with Gasteiger partial charge in [-0.25, -0.2) is 0 Å². The minimum absolute atomic E-state index is 0.623. The SMILES string of the molecule is COCCNC(=S)N(CCc1c(C)[nH]c2ccc(C)cc12)Cc1ccccn1. The number of aromatic nitrogens is 2. The molecule has 2 heterocycles. The van der Waals surface area contributed by atoms with Gasteiger partial charge in [-0.3, -0.25) is 4.98 Å². The van der Waals surface area contributed by atoms with Crippen LogP contribution in [-0.4, -0.2) is 46.8 Å². The third-order valence-electron chi connectivity index (χ3n) is 4.86. The van der Waals surface area contributed by atoms with Gasteiger partial charge < -0.3 is 19.9 Å². The molecule has 0 aliphatic carbocycles. The van der Waals surface area contributed by atoms with Crippen LogP contribution < -0.4 is 5.32 Å². The Balaban J connectivity index is 1.76. The first-order valence-electron chi connectivity index (χ1n) is 9.58. The summed E-state index contributed by atoms with van der Waals surface area (Å²) >= 11 is 5.66. The Kier molecular flexibility index (Phi) is 7.01. The Morgan fingerprint density at radius 2 is 2.11 bits per heavy atom. The second-order valence-corrected chi connectivity index (χ2v) is 7.38. The van der Waals surface area contributed by atoms with Crippen LogP contribution in [0, 0.1) is 13.8 Å². The number of methoxy groups -OCH3 is 1. The van der Waals surface area contributed by atoms with Crippen LogP contribution in [0.4, 0.5) is 0 Å². The highest BCUT2D eigenvalue weighted by molar-refractivity contribution is 7.80. The average Bonchev–Trinajstić information content (AvgIpc) is 3.00. The molecular formula is C22H28N4OS. The quantitative estimate of drug-likeness (QED) is 0.449. The van der Waals surface area contributed by atoms with E-state index < -0.39 is 0 Å². The molecule has 0 fully saturated rings. The molecule has 0 amide bonds. The molecule has 2 aromatic heterocycles. The number of ether oxygens (including phenoxy) is 1. The number of thiocarbonyl (C=S) groups is 1.